The first kappa shape index (κ1) is 11.0. The van der Waals surface area contributed by atoms with Crippen LogP contribution >= 0.6 is 0 Å². The molecule has 16 heavy (non-hydrogen) atoms. The van der Waals surface area contributed by atoms with Crippen molar-refractivity contribution in [2.24, 2.45) is 0 Å². The fraction of sp³-hybridized carbons (Fsp3) is 1.00. The molecule has 3 aliphatic heterocycles. The maximum absolute atomic E-state index is 3.61. The van der Waals surface area contributed by atoms with Crippen molar-refractivity contribution >= 4 is 0 Å². The molecule has 0 saturated carbocycles. The number of nitrogens with zero attached hydrogens (tertiary/aromatic N) is 2. The van der Waals surface area contributed by atoms with E-state index < -0.39 is 0 Å². The molecule has 3 fully saturated rings. The van der Waals surface area contributed by atoms with Gasteiger partial charge in [-0.05, 0) is 51.7 Å². The summed E-state index contributed by atoms with van der Waals surface area (Å²) in [6.07, 6.45) is 7.04. The lowest BCUT2D eigenvalue weighted by Crippen LogP contribution is -2.50. The van der Waals surface area contributed by atoms with E-state index in [1.807, 2.05) is 0 Å². The highest BCUT2D eigenvalue weighted by Crippen LogP contribution is 2.21. The average molecular weight is 223 g/mol. The van der Waals surface area contributed by atoms with Crippen LogP contribution in [0.3, 0.4) is 0 Å². The molecule has 0 aromatic rings. The van der Waals surface area contributed by atoms with Gasteiger partial charge in [0.2, 0.25) is 0 Å². The third kappa shape index (κ3) is 2.41. The minimum Gasteiger partial charge on any atom is -0.314 e. The van der Waals surface area contributed by atoms with Crippen LogP contribution < -0.4 is 5.32 Å². The minimum atomic E-state index is 0.821. The molecular formula is C13H25N3. The summed E-state index contributed by atoms with van der Waals surface area (Å²) in [5, 5.41) is 3.61. The predicted octanol–water partition coefficient (Wildman–Crippen LogP) is 0.909. The first-order chi connectivity index (χ1) is 7.92. The van der Waals surface area contributed by atoms with Crippen molar-refractivity contribution in [1.82, 2.24) is 15.1 Å². The van der Waals surface area contributed by atoms with E-state index in [1.165, 1.54) is 71.4 Å². The summed E-state index contributed by atoms with van der Waals surface area (Å²) in [7, 11) is 0. The second kappa shape index (κ2) is 5.03. The first-order valence-electron chi connectivity index (χ1n) is 7.11. The Labute approximate surface area is 99.2 Å². The van der Waals surface area contributed by atoms with E-state index >= 15 is 0 Å². The largest absolute Gasteiger partial charge is 0.314 e. The molecule has 3 heterocycles. The van der Waals surface area contributed by atoms with Crippen LogP contribution in [0.1, 0.15) is 32.1 Å². The Morgan fingerprint density at radius 2 is 2.06 bits per heavy atom. The van der Waals surface area contributed by atoms with E-state index in [0.717, 1.165) is 12.1 Å². The van der Waals surface area contributed by atoms with Gasteiger partial charge in [0.05, 0.1) is 0 Å². The highest BCUT2D eigenvalue weighted by molar-refractivity contribution is 4.87. The smallest absolute Gasteiger partial charge is 0.0224 e. The van der Waals surface area contributed by atoms with Crippen molar-refractivity contribution in [3.63, 3.8) is 0 Å². The first-order valence-corrected chi connectivity index (χ1v) is 7.11. The summed E-state index contributed by atoms with van der Waals surface area (Å²) < 4.78 is 0. The van der Waals surface area contributed by atoms with Gasteiger partial charge >= 0.3 is 0 Å². The maximum Gasteiger partial charge on any atom is 0.0224 e. The van der Waals surface area contributed by atoms with Gasteiger partial charge in [0.15, 0.2) is 0 Å². The maximum atomic E-state index is 3.61. The van der Waals surface area contributed by atoms with Gasteiger partial charge in [-0.25, -0.2) is 0 Å². The lowest BCUT2D eigenvalue weighted by Gasteiger charge is -2.37. The summed E-state index contributed by atoms with van der Waals surface area (Å²) in [5.74, 6) is 0. The highest BCUT2D eigenvalue weighted by atomic mass is 15.3. The van der Waals surface area contributed by atoms with Gasteiger partial charge < -0.3 is 10.2 Å². The van der Waals surface area contributed by atoms with Gasteiger partial charge in [0.1, 0.15) is 0 Å². The molecule has 92 valence electrons. The standard InChI is InChI=1S/C13H25N3/c1-3-12(14-6-1)5-8-15-9-10-16-7-2-4-13(16)11-15/h12-14H,1-11H2. The van der Waals surface area contributed by atoms with Crippen molar-refractivity contribution < 1.29 is 0 Å². The van der Waals surface area contributed by atoms with Crippen LogP contribution in [0, 0.1) is 0 Å². The van der Waals surface area contributed by atoms with E-state index in [9.17, 15) is 0 Å². The average Bonchev–Trinajstić information content (AvgIpc) is 2.97. The zero-order valence-corrected chi connectivity index (χ0v) is 10.3. The van der Waals surface area contributed by atoms with Gasteiger partial charge in [0, 0.05) is 31.7 Å². The molecule has 0 aromatic heterocycles. The topological polar surface area (TPSA) is 18.5 Å². The quantitative estimate of drug-likeness (QED) is 0.767. The molecule has 0 spiro atoms. The Kier molecular flexibility index (Phi) is 3.46. The molecule has 3 aliphatic rings. The molecule has 3 nitrogen and oxygen atoms in total. The van der Waals surface area contributed by atoms with E-state index in [4.69, 9.17) is 0 Å². The van der Waals surface area contributed by atoms with Crippen LogP contribution in [0.15, 0.2) is 0 Å². The SMILES string of the molecule is C1CNC(CCN2CCN3CCCC3C2)C1. The van der Waals surface area contributed by atoms with Crippen molar-refractivity contribution in [2.75, 3.05) is 39.3 Å². The fourth-order valence-electron chi connectivity index (χ4n) is 3.60. The molecule has 3 heteroatoms. The number of rotatable bonds is 3. The number of hydrogen-bond acceptors (Lipinski definition) is 3. The summed E-state index contributed by atoms with van der Waals surface area (Å²) in [6.45, 7) is 7.91. The Hall–Kier alpha value is -0.120. The number of nitrogens with one attached hydrogen (secondary N) is 1. The third-order valence-electron chi connectivity index (χ3n) is 4.63. The van der Waals surface area contributed by atoms with Gasteiger partial charge in [-0.2, -0.15) is 0 Å². The van der Waals surface area contributed by atoms with Gasteiger partial charge in [-0.3, -0.25) is 4.90 Å². The summed E-state index contributed by atoms with van der Waals surface area (Å²) in [6, 6.07) is 1.71. The summed E-state index contributed by atoms with van der Waals surface area (Å²) in [5.41, 5.74) is 0. The van der Waals surface area contributed by atoms with Crippen molar-refractivity contribution in [2.45, 2.75) is 44.2 Å². The van der Waals surface area contributed by atoms with E-state index in [-0.39, 0.29) is 0 Å². The normalized spacial score (nSPS) is 36.8. The molecule has 0 aromatic carbocycles. The van der Waals surface area contributed by atoms with E-state index in [1.54, 1.807) is 0 Å². The van der Waals surface area contributed by atoms with Gasteiger partial charge in [-0.15, -0.1) is 0 Å². The summed E-state index contributed by atoms with van der Waals surface area (Å²) in [4.78, 5) is 5.40. The molecule has 1 N–H and O–H groups in total. The zero-order chi connectivity index (χ0) is 10.8. The third-order valence-corrected chi connectivity index (χ3v) is 4.63. The molecular weight excluding hydrogens is 198 g/mol. The molecule has 3 rings (SSSR count). The Bertz CT molecular complexity index is 225. The van der Waals surface area contributed by atoms with Crippen LogP contribution in [-0.2, 0) is 0 Å². The number of fused-ring (bicyclic) bond motifs is 1. The van der Waals surface area contributed by atoms with Crippen LogP contribution in [0.5, 0.6) is 0 Å². The monoisotopic (exact) mass is 223 g/mol. The van der Waals surface area contributed by atoms with Crippen molar-refractivity contribution in [3.05, 3.63) is 0 Å². The van der Waals surface area contributed by atoms with Crippen LogP contribution in [0.2, 0.25) is 0 Å². The van der Waals surface area contributed by atoms with Crippen molar-refractivity contribution in [1.29, 1.82) is 0 Å². The Morgan fingerprint density at radius 3 is 2.94 bits per heavy atom. The van der Waals surface area contributed by atoms with E-state index in [2.05, 4.69) is 15.1 Å². The van der Waals surface area contributed by atoms with Gasteiger partial charge in [0.25, 0.3) is 0 Å². The fourth-order valence-corrected chi connectivity index (χ4v) is 3.60. The van der Waals surface area contributed by atoms with Crippen molar-refractivity contribution in [3.8, 4) is 0 Å². The second-order valence-electron chi connectivity index (χ2n) is 5.71. The second-order valence-corrected chi connectivity index (χ2v) is 5.71. The number of hydrogen-bond donors (Lipinski definition) is 1. The molecule has 2 atom stereocenters. The van der Waals surface area contributed by atoms with Gasteiger partial charge in [-0.1, -0.05) is 0 Å². The minimum absolute atomic E-state index is 0.821. The van der Waals surface area contributed by atoms with Crippen LogP contribution in [0.25, 0.3) is 0 Å². The molecule has 3 saturated heterocycles. The summed E-state index contributed by atoms with van der Waals surface area (Å²) >= 11 is 0. The van der Waals surface area contributed by atoms with Crippen LogP contribution in [-0.4, -0.2) is 61.2 Å². The number of piperazine rings is 1. The Balaban J connectivity index is 1.42. The lowest BCUT2D eigenvalue weighted by molar-refractivity contribution is 0.102. The molecule has 0 aliphatic carbocycles. The molecule has 2 unspecified atom stereocenters. The molecule has 0 radical (unpaired) electrons. The molecule has 0 bridgehead atoms. The lowest BCUT2D eigenvalue weighted by atomic mass is 10.1. The van der Waals surface area contributed by atoms with Crippen LogP contribution in [0.4, 0.5) is 0 Å². The highest BCUT2D eigenvalue weighted by Gasteiger charge is 2.30. The predicted molar refractivity (Wildman–Crippen MR) is 66.7 cm³/mol. The zero-order valence-electron chi connectivity index (χ0n) is 10.3. The Morgan fingerprint density at radius 1 is 1.06 bits per heavy atom. The van der Waals surface area contributed by atoms with E-state index in [0.29, 0.717) is 0 Å². The molecule has 0 amide bonds.